The number of para-hydroxylation sites is 1. The highest BCUT2D eigenvalue weighted by molar-refractivity contribution is 8.00. The van der Waals surface area contributed by atoms with Crippen LogP contribution >= 0.6 is 23.1 Å². The molecule has 0 saturated carbocycles. The third-order valence-corrected chi connectivity index (χ3v) is 6.53. The quantitative estimate of drug-likeness (QED) is 0.453. The van der Waals surface area contributed by atoms with Crippen LogP contribution in [0.15, 0.2) is 29.3 Å². The van der Waals surface area contributed by atoms with Crippen molar-refractivity contribution in [1.29, 1.82) is 0 Å². The standard InChI is InChI=1S/C20H23N3O2S2/c1-12-13(2)27-20-18(12)19(21-14(3)22-20)26-11-17(24)23(4)10-15-8-6-7-9-16(15)25-5/h6-9H,10-11H2,1-5H3. The summed E-state index contributed by atoms with van der Waals surface area (Å²) in [5.74, 6) is 1.93. The Morgan fingerprint density at radius 1 is 1.22 bits per heavy atom. The molecule has 3 rings (SSSR count). The van der Waals surface area contributed by atoms with Crippen LogP contribution < -0.4 is 4.74 Å². The van der Waals surface area contributed by atoms with Gasteiger partial charge in [0.25, 0.3) is 0 Å². The number of benzene rings is 1. The van der Waals surface area contributed by atoms with Gasteiger partial charge < -0.3 is 9.64 Å². The number of amides is 1. The van der Waals surface area contributed by atoms with E-state index in [0.29, 0.717) is 12.3 Å². The van der Waals surface area contributed by atoms with E-state index in [4.69, 9.17) is 4.74 Å². The summed E-state index contributed by atoms with van der Waals surface area (Å²) in [4.78, 5) is 25.7. The second-order valence-electron chi connectivity index (χ2n) is 6.39. The molecule has 0 aliphatic rings. The van der Waals surface area contributed by atoms with Crippen molar-refractivity contribution >= 4 is 39.2 Å². The van der Waals surface area contributed by atoms with Gasteiger partial charge in [-0.15, -0.1) is 11.3 Å². The number of aromatic nitrogens is 2. The van der Waals surface area contributed by atoms with Crippen LogP contribution in [0, 0.1) is 20.8 Å². The minimum absolute atomic E-state index is 0.0555. The van der Waals surface area contributed by atoms with Crippen LogP contribution in [0.5, 0.6) is 5.75 Å². The fourth-order valence-corrected chi connectivity index (χ4v) is 5.05. The van der Waals surface area contributed by atoms with E-state index in [-0.39, 0.29) is 5.91 Å². The van der Waals surface area contributed by atoms with E-state index >= 15 is 0 Å². The zero-order chi connectivity index (χ0) is 19.6. The number of hydrogen-bond acceptors (Lipinski definition) is 6. The number of fused-ring (bicyclic) bond motifs is 1. The van der Waals surface area contributed by atoms with Crippen molar-refractivity contribution in [2.75, 3.05) is 19.9 Å². The molecule has 0 N–H and O–H groups in total. The SMILES string of the molecule is COc1ccccc1CN(C)C(=O)CSc1nc(C)nc2sc(C)c(C)c12. The van der Waals surface area contributed by atoms with Crippen LogP contribution in [-0.4, -0.2) is 40.7 Å². The van der Waals surface area contributed by atoms with Crippen LogP contribution in [-0.2, 0) is 11.3 Å². The second-order valence-corrected chi connectivity index (χ2v) is 8.56. The molecule has 142 valence electrons. The monoisotopic (exact) mass is 401 g/mol. The van der Waals surface area contributed by atoms with Crippen molar-refractivity contribution in [3.63, 3.8) is 0 Å². The molecule has 27 heavy (non-hydrogen) atoms. The Labute approximate surface area is 167 Å². The summed E-state index contributed by atoms with van der Waals surface area (Å²) in [5, 5.41) is 1.96. The smallest absolute Gasteiger partial charge is 0.233 e. The summed E-state index contributed by atoms with van der Waals surface area (Å²) in [7, 11) is 3.46. The zero-order valence-corrected chi connectivity index (χ0v) is 17.8. The van der Waals surface area contributed by atoms with Gasteiger partial charge in [0, 0.05) is 29.4 Å². The molecule has 0 atom stereocenters. The molecule has 0 spiro atoms. The van der Waals surface area contributed by atoms with E-state index in [2.05, 4.69) is 23.8 Å². The normalized spacial score (nSPS) is 11.0. The lowest BCUT2D eigenvalue weighted by Gasteiger charge is -2.18. The maximum Gasteiger partial charge on any atom is 0.233 e. The first-order valence-corrected chi connectivity index (χ1v) is 10.4. The summed E-state index contributed by atoms with van der Waals surface area (Å²) in [5.41, 5.74) is 2.19. The van der Waals surface area contributed by atoms with Crippen molar-refractivity contribution in [1.82, 2.24) is 14.9 Å². The number of hydrogen-bond donors (Lipinski definition) is 0. The second kappa shape index (κ2) is 8.27. The van der Waals surface area contributed by atoms with Crippen molar-refractivity contribution in [3.05, 3.63) is 46.1 Å². The van der Waals surface area contributed by atoms with Gasteiger partial charge in [0.05, 0.1) is 12.9 Å². The van der Waals surface area contributed by atoms with E-state index in [1.807, 2.05) is 38.2 Å². The number of carbonyl (C=O) groups excluding carboxylic acids is 1. The molecule has 0 aliphatic heterocycles. The van der Waals surface area contributed by atoms with Gasteiger partial charge in [0.1, 0.15) is 21.4 Å². The molecule has 7 heteroatoms. The third kappa shape index (κ3) is 4.25. The lowest BCUT2D eigenvalue weighted by molar-refractivity contribution is -0.127. The minimum Gasteiger partial charge on any atom is -0.496 e. The molecule has 0 radical (unpaired) electrons. The fraction of sp³-hybridized carbons (Fsp3) is 0.350. The number of rotatable bonds is 6. The van der Waals surface area contributed by atoms with Crippen molar-refractivity contribution in [2.24, 2.45) is 0 Å². The van der Waals surface area contributed by atoms with E-state index in [1.54, 1.807) is 23.3 Å². The summed E-state index contributed by atoms with van der Waals surface area (Å²) >= 11 is 3.16. The molecule has 0 saturated heterocycles. The Hall–Kier alpha value is -2.12. The topological polar surface area (TPSA) is 55.3 Å². The molecular formula is C20H23N3O2S2. The van der Waals surface area contributed by atoms with Gasteiger partial charge in [-0.3, -0.25) is 4.79 Å². The van der Waals surface area contributed by atoms with Gasteiger partial charge in [-0.05, 0) is 32.4 Å². The van der Waals surface area contributed by atoms with Gasteiger partial charge in [-0.2, -0.15) is 0 Å². The van der Waals surface area contributed by atoms with Crippen molar-refractivity contribution < 1.29 is 9.53 Å². The van der Waals surface area contributed by atoms with Crippen LogP contribution in [0.3, 0.4) is 0 Å². The lowest BCUT2D eigenvalue weighted by atomic mass is 10.2. The molecule has 1 amide bonds. The Morgan fingerprint density at radius 2 is 1.96 bits per heavy atom. The Balaban J connectivity index is 1.73. The van der Waals surface area contributed by atoms with Crippen LogP contribution in [0.2, 0.25) is 0 Å². The van der Waals surface area contributed by atoms with Gasteiger partial charge in [0.2, 0.25) is 5.91 Å². The molecule has 0 aliphatic carbocycles. The molecule has 0 unspecified atom stereocenters. The van der Waals surface area contributed by atoms with Crippen molar-refractivity contribution in [2.45, 2.75) is 32.3 Å². The van der Waals surface area contributed by atoms with E-state index < -0.39 is 0 Å². The molecule has 5 nitrogen and oxygen atoms in total. The summed E-state index contributed by atoms with van der Waals surface area (Å²) in [6.07, 6.45) is 0. The average Bonchev–Trinajstić information content (AvgIpc) is 2.93. The molecule has 0 bridgehead atoms. The number of ether oxygens (including phenoxy) is 1. The zero-order valence-electron chi connectivity index (χ0n) is 16.2. The maximum absolute atomic E-state index is 12.7. The van der Waals surface area contributed by atoms with E-state index in [9.17, 15) is 4.79 Å². The van der Waals surface area contributed by atoms with Crippen LogP contribution in [0.25, 0.3) is 10.2 Å². The summed E-state index contributed by atoms with van der Waals surface area (Å²) in [6.45, 7) is 6.59. The first-order chi connectivity index (χ1) is 12.9. The van der Waals surface area contributed by atoms with Crippen LogP contribution in [0.4, 0.5) is 0 Å². The number of nitrogens with zero attached hydrogens (tertiary/aromatic N) is 3. The van der Waals surface area contributed by atoms with E-state index in [0.717, 1.165) is 32.4 Å². The number of carbonyl (C=O) groups is 1. The van der Waals surface area contributed by atoms with Crippen LogP contribution in [0.1, 0.15) is 21.8 Å². The van der Waals surface area contributed by atoms with E-state index in [1.165, 1.54) is 22.2 Å². The number of thiophene rings is 1. The predicted octanol–water partition coefficient (Wildman–Crippen LogP) is 4.38. The Kier molecular flexibility index (Phi) is 6.01. The minimum atomic E-state index is 0.0555. The average molecular weight is 402 g/mol. The van der Waals surface area contributed by atoms with Gasteiger partial charge >= 0.3 is 0 Å². The lowest BCUT2D eigenvalue weighted by Crippen LogP contribution is -2.28. The molecule has 3 aromatic rings. The third-order valence-electron chi connectivity index (χ3n) is 4.47. The van der Waals surface area contributed by atoms with Crippen molar-refractivity contribution in [3.8, 4) is 5.75 Å². The largest absolute Gasteiger partial charge is 0.496 e. The molecular weight excluding hydrogens is 378 g/mol. The highest BCUT2D eigenvalue weighted by Gasteiger charge is 2.17. The highest BCUT2D eigenvalue weighted by Crippen LogP contribution is 2.35. The summed E-state index contributed by atoms with van der Waals surface area (Å²) in [6, 6.07) is 7.76. The molecule has 2 heterocycles. The molecule has 0 fully saturated rings. The number of thioether (sulfide) groups is 1. The van der Waals surface area contributed by atoms with Gasteiger partial charge in [-0.25, -0.2) is 9.97 Å². The first kappa shape index (κ1) is 19.6. The first-order valence-electron chi connectivity index (χ1n) is 8.63. The fourth-order valence-electron chi connectivity index (χ4n) is 2.84. The Bertz CT molecular complexity index is 985. The number of methoxy groups -OCH3 is 1. The number of aryl methyl sites for hydroxylation is 3. The molecule has 2 aromatic heterocycles. The van der Waals surface area contributed by atoms with Gasteiger partial charge in [-0.1, -0.05) is 30.0 Å². The highest BCUT2D eigenvalue weighted by atomic mass is 32.2. The predicted molar refractivity (Wildman–Crippen MR) is 112 cm³/mol. The maximum atomic E-state index is 12.7. The van der Waals surface area contributed by atoms with Gasteiger partial charge in [0.15, 0.2) is 0 Å². The molecule has 1 aromatic carbocycles. The summed E-state index contributed by atoms with van der Waals surface area (Å²) < 4.78 is 5.37. The Morgan fingerprint density at radius 3 is 2.70 bits per heavy atom.